The predicted octanol–water partition coefficient (Wildman–Crippen LogP) is 1.43. The molecule has 1 fully saturated rings. The minimum atomic E-state index is 0.265. The highest BCUT2D eigenvalue weighted by atomic mass is 16.3. The quantitative estimate of drug-likeness (QED) is 0.846. The normalized spacial score (nSPS) is 19.9. The Bertz CT molecular complexity index is 397. The third-order valence-electron chi connectivity index (χ3n) is 3.28. The first-order valence-electron chi connectivity index (χ1n) is 6.68. The molecular formula is C13H22N4O. The molecule has 1 saturated heterocycles. The highest BCUT2D eigenvalue weighted by Gasteiger charge is 2.20. The van der Waals surface area contributed by atoms with Crippen LogP contribution in [0.4, 0.5) is 11.6 Å². The average molecular weight is 250 g/mol. The van der Waals surface area contributed by atoms with Gasteiger partial charge >= 0.3 is 0 Å². The third-order valence-corrected chi connectivity index (χ3v) is 3.28. The molecule has 1 aromatic rings. The van der Waals surface area contributed by atoms with E-state index in [1.54, 1.807) is 0 Å². The van der Waals surface area contributed by atoms with E-state index in [0.29, 0.717) is 5.92 Å². The van der Waals surface area contributed by atoms with Gasteiger partial charge in [0, 0.05) is 32.3 Å². The van der Waals surface area contributed by atoms with Crippen LogP contribution in [0.1, 0.15) is 25.6 Å². The van der Waals surface area contributed by atoms with Crippen molar-refractivity contribution in [3.05, 3.63) is 11.9 Å². The first kappa shape index (κ1) is 13.1. The summed E-state index contributed by atoms with van der Waals surface area (Å²) in [4.78, 5) is 11.1. The Morgan fingerprint density at radius 2 is 2.33 bits per heavy atom. The molecule has 0 amide bonds. The summed E-state index contributed by atoms with van der Waals surface area (Å²) in [5.41, 5.74) is 0. The molecule has 2 N–H and O–H groups in total. The molecule has 1 unspecified atom stereocenters. The zero-order chi connectivity index (χ0) is 13.0. The van der Waals surface area contributed by atoms with Crippen LogP contribution >= 0.6 is 0 Å². The first-order chi connectivity index (χ1) is 8.72. The van der Waals surface area contributed by atoms with E-state index in [0.717, 1.165) is 49.9 Å². The van der Waals surface area contributed by atoms with Gasteiger partial charge in [-0.3, -0.25) is 0 Å². The van der Waals surface area contributed by atoms with E-state index in [-0.39, 0.29) is 6.61 Å². The molecule has 1 atom stereocenters. The topological polar surface area (TPSA) is 61.3 Å². The number of hydrogen-bond donors (Lipinski definition) is 2. The maximum absolute atomic E-state index is 9.28. The number of aliphatic hydroxyl groups is 1. The molecular weight excluding hydrogens is 228 g/mol. The summed E-state index contributed by atoms with van der Waals surface area (Å²) < 4.78 is 0. The molecule has 0 aromatic carbocycles. The molecule has 5 heteroatoms. The summed E-state index contributed by atoms with van der Waals surface area (Å²) >= 11 is 0. The number of aliphatic hydroxyl groups excluding tert-OH is 1. The zero-order valence-corrected chi connectivity index (χ0v) is 11.2. The second-order valence-corrected chi connectivity index (χ2v) is 4.83. The van der Waals surface area contributed by atoms with Gasteiger partial charge in [0.25, 0.3) is 0 Å². The Hall–Kier alpha value is -1.36. The number of aryl methyl sites for hydroxylation is 1. The minimum absolute atomic E-state index is 0.265. The van der Waals surface area contributed by atoms with Crippen molar-refractivity contribution >= 4 is 11.6 Å². The fraction of sp³-hybridized carbons (Fsp3) is 0.692. The molecule has 5 nitrogen and oxygen atoms in total. The lowest BCUT2D eigenvalue weighted by Gasteiger charge is -2.32. The molecule has 18 heavy (non-hydrogen) atoms. The molecule has 1 aliphatic heterocycles. The van der Waals surface area contributed by atoms with E-state index in [1.807, 2.05) is 13.0 Å². The fourth-order valence-corrected chi connectivity index (χ4v) is 2.41. The largest absolute Gasteiger partial charge is 0.396 e. The van der Waals surface area contributed by atoms with Gasteiger partial charge < -0.3 is 15.3 Å². The van der Waals surface area contributed by atoms with Gasteiger partial charge in [-0.2, -0.15) is 0 Å². The molecule has 0 aliphatic carbocycles. The van der Waals surface area contributed by atoms with Gasteiger partial charge in [0.05, 0.1) is 0 Å². The lowest BCUT2D eigenvalue weighted by molar-refractivity contribution is 0.208. The van der Waals surface area contributed by atoms with Crippen LogP contribution in [0.3, 0.4) is 0 Å². The Morgan fingerprint density at radius 3 is 3.06 bits per heavy atom. The van der Waals surface area contributed by atoms with E-state index in [1.165, 1.54) is 0 Å². The van der Waals surface area contributed by atoms with Crippen molar-refractivity contribution in [2.24, 2.45) is 5.92 Å². The molecule has 2 heterocycles. The molecule has 0 radical (unpaired) electrons. The van der Waals surface area contributed by atoms with E-state index >= 15 is 0 Å². The van der Waals surface area contributed by atoms with Crippen LogP contribution in [-0.2, 0) is 0 Å². The number of anilines is 2. The van der Waals surface area contributed by atoms with Crippen molar-refractivity contribution in [1.82, 2.24) is 9.97 Å². The molecule has 2 rings (SSSR count). The van der Waals surface area contributed by atoms with Gasteiger partial charge in [0.15, 0.2) is 0 Å². The maximum Gasteiger partial charge on any atom is 0.134 e. The summed E-state index contributed by atoms with van der Waals surface area (Å²) in [6.07, 6.45) is 2.22. The van der Waals surface area contributed by atoms with E-state index < -0.39 is 0 Å². The Kier molecular flexibility index (Phi) is 4.36. The van der Waals surface area contributed by atoms with Crippen molar-refractivity contribution < 1.29 is 5.11 Å². The number of rotatable bonds is 4. The van der Waals surface area contributed by atoms with Gasteiger partial charge in [-0.15, -0.1) is 0 Å². The highest BCUT2D eigenvalue weighted by molar-refractivity contribution is 5.49. The van der Waals surface area contributed by atoms with Crippen molar-refractivity contribution in [3.63, 3.8) is 0 Å². The van der Waals surface area contributed by atoms with E-state index in [4.69, 9.17) is 0 Å². The number of piperidine rings is 1. The summed E-state index contributed by atoms with van der Waals surface area (Å²) in [7, 11) is 0. The summed E-state index contributed by atoms with van der Waals surface area (Å²) in [5.74, 6) is 3.01. The van der Waals surface area contributed by atoms with Crippen LogP contribution in [0.15, 0.2) is 6.07 Å². The first-order valence-corrected chi connectivity index (χ1v) is 6.68. The molecule has 0 bridgehead atoms. The van der Waals surface area contributed by atoms with Crippen LogP contribution in [0.2, 0.25) is 0 Å². The zero-order valence-electron chi connectivity index (χ0n) is 11.2. The summed E-state index contributed by atoms with van der Waals surface area (Å²) in [5, 5.41) is 12.5. The number of nitrogens with zero attached hydrogens (tertiary/aromatic N) is 3. The summed E-state index contributed by atoms with van der Waals surface area (Å²) in [6, 6.07) is 2.00. The Balaban J connectivity index is 2.16. The molecule has 100 valence electrons. The van der Waals surface area contributed by atoms with E-state index in [9.17, 15) is 5.11 Å². The van der Waals surface area contributed by atoms with Crippen LogP contribution in [0.5, 0.6) is 0 Å². The van der Waals surface area contributed by atoms with Crippen LogP contribution in [0.25, 0.3) is 0 Å². The van der Waals surface area contributed by atoms with Crippen LogP contribution in [-0.4, -0.2) is 41.3 Å². The molecule has 1 aliphatic rings. The van der Waals surface area contributed by atoms with Crippen molar-refractivity contribution in [3.8, 4) is 0 Å². The highest BCUT2D eigenvalue weighted by Crippen LogP contribution is 2.23. The van der Waals surface area contributed by atoms with Gasteiger partial charge in [-0.25, -0.2) is 9.97 Å². The van der Waals surface area contributed by atoms with Gasteiger partial charge in [-0.1, -0.05) is 0 Å². The monoisotopic (exact) mass is 250 g/mol. The molecule has 1 aromatic heterocycles. The Labute approximate surface area is 108 Å². The smallest absolute Gasteiger partial charge is 0.134 e. The third kappa shape index (κ3) is 3.10. The van der Waals surface area contributed by atoms with Crippen LogP contribution < -0.4 is 10.2 Å². The lowest BCUT2D eigenvalue weighted by atomic mass is 9.99. The maximum atomic E-state index is 9.28. The minimum Gasteiger partial charge on any atom is -0.396 e. The average Bonchev–Trinajstić information content (AvgIpc) is 2.38. The SMILES string of the molecule is CCNc1cc(N2CCCC(CO)C2)nc(C)n1. The molecule has 0 spiro atoms. The predicted molar refractivity (Wildman–Crippen MR) is 73.0 cm³/mol. The second kappa shape index (κ2) is 6.00. The second-order valence-electron chi connectivity index (χ2n) is 4.83. The molecule has 0 saturated carbocycles. The fourth-order valence-electron chi connectivity index (χ4n) is 2.41. The number of hydrogen-bond acceptors (Lipinski definition) is 5. The number of aromatic nitrogens is 2. The van der Waals surface area contributed by atoms with Gasteiger partial charge in [0.2, 0.25) is 0 Å². The van der Waals surface area contributed by atoms with Crippen molar-refractivity contribution in [2.45, 2.75) is 26.7 Å². The van der Waals surface area contributed by atoms with Crippen LogP contribution in [0, 0.1) is 12.8 Å². The van der Waals surface area contributed by atoms with Crippen molar-refractivity contribution in [1.29, 1.82) is 0 Å². The van der Waals surface area contributed by atoms with Gasteiger partial charge in [0.1, 0.15) is 17.5 Å². The van der Waals surface area contributed by atoms with E-state index in [2.05, 4.69) is 27.1 Å². The lowest BCUT2D eigenvalue weighted by Crippen LogP contribution is -2.37. The number of nitrogens with one attached hydrogen (secondary N) is 1. The van der Waals surface area contributed by atoms with Gasteiger partial charge in [-0.05, 0) is 32.6 Å². The Morgan fingerprint density at radius 1 is 1.50 bits per heavy atom. The van der Waals surface area contributed by atoms with Crippen molar-refractivity contribution in [2.75, 3.05) is 36.5 Å². The standard InChI is InChI=1S/C13H22N4O/c1-3-14-12-7-13(16-10(2)15-12)17-6-4-5-11(8-17)9-18/h7,11,18H,3-6,8-9H2,1-2H3,(H,14,15,16). The summed E-state index contributed by atoms with van der Waals surface area (Å²) in [6.45, 7) is 6.99.